The van der Waals surface area contributed by atoms with Crippen molar-refractivity contribution in [2.45, 2.75) is 24.3 Å². The molecule has 0 radical (unpaired) electrons. The summed E-state index contributed by atoms with van der Waals surface area (Å²) < 4.78 is 38.6. The van der Waals surface area contributed by atoms with Gasteiger partial charge < -0.3 is 5.73 Å². The van der Waals surface area contributed by atoms with Crippen LogP contribution < -0.4 is 5.73 Å². The molecule has 0 unspecified atom stereocenters. The lowest BCUT2D eigenvalue weighted by atomic mass is 9.69. The minimum absolute atomic E-state index is 0.173. The van der Waals surface area contributed by atoms with Gasteiger partial charge in [0.1, 0.15) is 5.82 Å². The summed E-state index contributed by atoms with van der Waals surface area (Å²) in [6.45, 7) is 0. The second kappa shape index (κ2) is 3.43. The maximum atomic E-state index is 13.0. The molecule has 0 saturated heterocycles. The normalized spacial score (nSPS) is 20.7. The first-order chi connectivity index (χ1) is 7.73. The molecule has 1 aromatic carbocycles. The van der Waals surface area contributed by atoms with E-state index < -0.39 is 40.7 Å². The first kappa shape index (κ1) is 11.8. The maximum absolute atomic E-state index is 13.0. The Morgan fingerprint density at radius 1 is 1.35 bits per heavy atom. The van der Waals surface area contributed by atoms with E-state index in [9.17, 15) is 23.3 Å². The Morgan fingerprint density at radius 2 is 1.94 bits per heavy atom. The van der Waals surface area contributed by atoms with Crippen molar-refractivity contribution < 1.29 is 18.1 Å². The summed E-state index contributed by atoms with van der Waals surface area (Å²) in [6, 6.07) is 2.70. The molecule has 0 spiro atoms. The quantitative estimate of drug-likeness (QED) is 0.643. The molecule has 2 N–H and O–H groups in total. The highest BCUT2D eigenvalue weighted by Crippen LogP contribution is 2.51. The van der Waals surface area contributed by atoms with Gasteiger partial charge in [0.2, 0.25) is 0 Å². The minimum atomic E-state index is -2.94. The van der Waals surface area contributed by atoms with Crippen LogP contribution in [0.2, 0.25) is 0 Å². The molecular weight excluding hydrogens is 237 g/mol. The van der Waals surface area contributed by atoms with E-state index in [0.29, 0.717) is 0 Å². The smallest absolute Gasteiger partial charge is 0.274 e. The van der Waals surface area contributed by atoms with Crippen LogP contribution in [0, 0.1) is 15.9 Å². The summed E-state index contributed by atoms with van der Waals surface area (Å²) in [7, 11) is 0. The summed E-state index contributed by atoms with van der Waals surface area (Å²) >= 11 is 0. The monoisotopic (exact) mass is 246 g/mol. The topological polar surface area (TPSA) is 69.2 Å². The van der Waals surface area contributed by atoms with Gasteiger partial charge >= 0.3 is 0 Å². The number of benzene rings is 1. The minimum Gasteiger partial charge on any atom is -0.321 e. The molecule has 7 heteroatoms. The van der Waals surface area contributed by atoms with E-state index in [1.165, 1.54) is 0 Å². The lowest BCUT2D eigenvalue weighted by Crippen LogP contribution is -2.55. The summed E-state index contributed by atoms with van der Waals surface area (Å²) in [5.41, 5.74) is 3.54. The van der Waals surface area contributed by atoms with Crippen LogP contribution in [0.1, 0.15) is 18.4 Å². The van der Waals surface area contributed by atoms with Crippen LogP contribution in [0.4, 0.5) is 18.9 Å². The van der Waals surface area contributed by atoms with Gasteiger partial charge in [-0.2, -0.15) is 0 Å². The fourth-order valence-corrected chi connectivity index (χ4v) is 2.13. The van der Waals surface area contributed by atoms with Crippen molar-refractivity contribution in [1.82, 2.24) is 0 Å². The second-order valence-electron chi connectivity index (χ2n) is 4.28. The molecule has 17 heavy (non-hydrogen) atoms. The standard InChI is InChI=1S/C10H9F3N2O2/c11-6-1-2-8(15(16)17)7(3-6)9(14)4-10(12,13)5-9/h1-3H,4-5,14H2. The number of alkyl halides is 2. The maximum Gasteiger partial charge on any atom is 0.274 e. The van der Waals surface area contributed by atoms with Crippen LogP contribution in [0.5, 0.6) is 0 Å². The highest BCUT2D eigenvalue weighted by atomic mass is 19.3. The molecule has 92 valence electrons. The van der Waals surface area contributed by atoms with Crippen molar-refractivity contribution in [3.05, 3.63) is 39.7 Å². The van der Waals surface area contributed by atoms with Crippen molar-refractivity contribution in [2.75, 3.05) is 0 Å². The van der Waals surface area contributed by atoms with Crippen molar-refractivity contribution in [1.29, 1.82) is 0 Å². The average molecular weight is 246 g/mol. The third-order valence-corrected chi connectivity index (χ3v) is 2.84. The van der Waals surface area contributed by atoms with E-state index in [-0.39, 0.29) is 5.56 Å². The predicted octanol–water partition coefficient (Wildman–Crippen LogP) is 2.32. The molecule has 0 atom stereocenters. The number of nitro benzene ring substituents is 1. The van der Waals surface area contributed by atoms with E-state index in [1.54, 1.807) is 0 Å². The number of nitro groups is 1. The Hall–Kier alpha value is -1.63. The number of nitrogens with zero attached hydrogens (tertiary/aromatic N) is 1. The lowest BCUT2D eigenvalue weighted by molar-refractivity contribution is -0.386. The number of rotatable bonds is 2. The largest absolute Gasteiger partial charge is 0.321 e. The van der Waals surface area contributed by atoms with Crippen LogP contribution in [-0.4, -0.2) is 10.8 Å². The highest BCUT2D eigenvalue weighted by molar-refractivity contribution is 5.46. The van der Waals surface area contributed by atoms with E-state index in [4.69, 9.17) is 5.73 Å². The zero-order valence-electron chi connectivity index (χ0n) is 8.62. The molecule has 0 bridgehead atoms. The van der Waals surface area contributed by atoms with Crippen LogP contribution >= 0.6 is 0 Å². The third-order valence-electron chi connectivity index (χ3n) is 2.84. The first-order valence-electron chi connectivity index (χ1n) is 4.85. The number of hydrogen-bond donors (Lipinski definition) is 1. The van der Waals surface area contributed by atoms with Gasteiger partial charge in [-0.3, -0.25) is 10.1 Å². The van der Waals surface area contributed by atoms with Gasteiger partial charge in [-0.1, -0.05) is 0 Å². The van der Waals surface area contributed by atoms with Crippen molar-refractivity contribution >= 4 is 5.69 Å². The molecule has 1 aliphatic carbocycles. The zero-order chi connectivity index (χ0) is 12.8. The summed E-state index contributed by atoms with van der Waals surface area (Å²) in [6.07, 6.45) is -1.41. The molecule has 0 heterocycles. The molecule has 1 aliphatic rings. The molecule has 1 aromatic rings. The van der Waals surface area contributed by atoms with Crippen LogP contribution in [0.25, 0.3) is 0 Å². The van der Waals surface area contributed by atoms with Gasteiger partial charge in [-0.05, 0) is 12.1 Å². The second-order valence-corrected chi connectivity index (χ2v) is 4.28. The fourth-order valence-electron chi connectivity index (χ4n) is 2.13. The van der Waals surface area contributed by atoms with Crippen molar-refractivity contribution in [3.8, 4) is 0 Å². The summed E-state index contributed by atoms with van der Waals surface area (Å²) in [5.74, 6) is -3.67. The number of nitrogens with two attached hydrogens (primary N) is 1. The number of halogens is 3. The number of hydrogen-bond acceptors (Lipinski definition) is 3. The zero-order valence-corrected chi connectivity index (χ0v) is 8.62. The van der Waals surface area contributed by atoms with Crippen molar-refractivity contribution in [2.24, 2.45) is 5.73 Å². The molecular formula is C10H9F3N2O2. The third kappa shape index (κ3) is 1.97. The molecule has 2 rings (SSSR count). The van der Waals surface area contributed by atoms with Crippen LogP contribution in [0.3, 0.4) is 0 Å². The van der Waals surface area contributed by atoms with Gasteiger partial charge in [0.25, 0.3) is 11.6 Å². The SMILES string of the molecule is NC1(c2cc(F)ccc2[N+](=O)[O-])CC(F)(F)C1. The Morgan fingerprint density at radius 3 is 2.41 bits per heavy atom. The summed E-state index contributed by atoms with van der Waals surface area (Å²) in [5, 5.41) is 10.7. The van der Waals surface area contributed by atoms with Crippen LogP contribution in [-0.2, 0) is 5.54 Å². The van der Waals surface area contributed by atoms with E-state index in [0.717, 1.165) is 18.2 Å². The summed E-state index contributed by atoms with van der Waals surface area (Å²) in [4.78, 5) is 9.97. The van der Waals surface area contributed by atoms with E-state index >= 15 is 0 Å². The Labute approximate surface area is 94.4 Å². The molecule has 1 fully saturated rings. The molecule has 0 amide bonds. The highest BCUT2D eigenvalue weighted by Gasteiger charge is 2.57. The first-order valence-corrected chi connectivity index (χ1v) is 4.85. The predicted molar refractivity (Wildman–Crippen MR) is 53.1 cm³/mol. The van der Waals surface area contributed by atoms with Gasteiger partial charge in [-0.25, -0.2) is 13.2 Å². The molecule has 4 nitrogen and oxygen atoms in total. The van der Waals surface area contributed by atoms with Crippen molar-refractivity contribution in [3.63, 3.8) is 0 Å². The molecule has 0 aliphatic heterocycles. The lowest BCUT2D eigenvalue weighted by Gasteiger charge is -2.44. The van der Waals surface area contributed by atoms with E-state index in [1.807, 2.05) is 0 Å². The van der Waals surface area contributed by atoms with Crippen LogP contribution in [0.15, 0.2) is 18.2 Å². The van der Waals surface area contributed by atoms with Gasteiger partial charge in [0.05, 0.1) is 16.0 Å². The Balaban J connectivity index is 2.45. The molecule has 1 saturated carbocycles. The Bertz CT molecular complexity index is 482. The average Bonchev–Trinajstić information content (AvgIpc) is 2.13. The van der Waals surface area contributed by atoms with Gasteiger partial charge in [0.15, 0.2) is 0 Å². The van der Waals surface area contributed by atoms with E-state index in [2.05, 4.69) is 0 Å². The Kier molecular flexibility index (Phi) is 2.39. The fraction of sp³-hybridized carbons (Fsp3) is 0.400. The van der Waals surface area contributed by atoms with Gasteiger partial charge in [0, 0.05) is 18.9 Å². The molecule has 0 aromatic heterocycles. The van der Waals surface area contributed by atoms with Gasteiger partial charge in [-0.15, -0.1) is 0 Å².